The lowest BCUT2D eigenvalue weighted by molar-refractivity contribution is 0.313. The third-order valence-electron chi connectivity index (χ3n) is 5.71. The Morgan fingerprint density at radius 2 is 1.61 bits per heavy atom. The molecule has 0 radical (unpaired) electrons. The van der Waals surface area contributed by atoms with Crippen molar-refractivity contribution in [3.05, 3.63) is 96.6 Å². The highest BCUT2D eigenvalue weighted by Crippen LogP contribution is 2.24. The number of aromatic nitrogens is 3. The SMILES string of the molecule is COc1ccc(-c2cccc3nc(Nc4ccc(OCCNCc5ccc(N)cc5)cc4)nn23)cc1. The smallest absolute Gasteiger partial charge is 0.247 e. The van der Waals surface area contributed by atoms with Gasteiger partial charge in [-0.2, -0.15) is 4.98 Å². The number of pyridine rings is 1. The maximum Gasteiger partial charge on any atom is 0.247 e. The van der Waals surface area contributed by atoms with Crippen LogP contribution in [-0.4, -0.2) is 34.9 Å². The first-order valence-electron chi connectivity index (χ1n) is 11.7. The van der Waals surface area contributed by atoms with Gasteiger partial charge in [-0.3, -0.25) is 0 Å². The molecule has 182 valence electrons. The molecule has 2 heterocycles. The van der Waals surface area contributed by atoms with Gasteiger partial charge in [-0.1, -0.05) is 18.2 Å². The summed E-state index contributed by atoms with van der Waals surface area (Å²) < 4.78 is 12.9. The Morgan fingerprint density at radius 1 is 0.861 bits per heavy atom. The van der Waals surface area contributed by atoms with Gasteiger partial charge in [0, 0.05) is 30.0 Å². The van der Waals surface area contributed by atoms with Crippen LogP contribution in [0.15, 0.2) is 91.0 Å². The molecule has 5 rings (SSSR count). The van der Waals surface area contributed by atoms with Crippen LogP contribution in [0.1, 0.15) is 5.56 Å². The summed E-state index contributed by atoms with van der Waals surface area (Å²) in [5, 5.41) is 11.3. The molecule has 0 bridgehead atoms. The van der Waals surface area contributed by atoms with Crippen LogP contribution in [0.5, 0.6) is 11.5 Å². The van der Waals surface area contributed by atoms with Crippen molar-refractivity contribution in [2.24, 2.45) is 0 Å². The standard InChI is InChI=1S/C28H28N6O2/c1-35-24-13-7-21(8-14-24)26-3-2-4-27-32-28(33-34(26)27)31-23-11-15-25(16-12-23)36-18-17-30-19-20-5-9-22(29)10-6-20/h2-16,30H,17-19,29H2,1H3,(H,31,33). The fourth-order valence-electron chi connectivity index (χ4n) is 3.81. The van der Waals surface area contributed by atoms with Gasteiger partial charge < -0.3 is 25.8 Å². The summed E-state index contributed by atoms with van der Waals surface area (Å²) in [6.07, 6.45) is 0. The number of hydrogen-bond donors (Lipinski definition) is 3. The Hall–Kier alpha value is -4.56. The third kappa shape index (κ3) is 5.56. The third-order valence-corrected chi connectivity index (χ3v) is 5.71. The normalized spacial score (nSPS) is 10.9. The zero-order chi connectivity index (χ0) is 24.7. The molecule has 8 heteroatoms. The monoisotopic (exact) mass is 480 g/mol. The van der Waals surface area contributed by atoms with E-state index >= 15 is 0 Å². The van der Waals surface area contributed by atoms with Crippen LogP contribution < -0.4 is 25.8 Å². The fraction of sp³-hybridized carbons (Fsp3) is 0.143. The number of nitrogens with one attached hydrogen (secondary N) is 2. The Balaban J connectivity index is 1.16. The summed E-state index contributed by atoms with van der Waals surface area (Å²) in [5.74, 6) is 2.14. The maximum atomic E-state index is 5.84. The highest BCUT2D eigenvalue weighted by atomic mass is 16.5. The van der Waals surface area contributed by atoms with Gasteiger partial charge in [0.05, 0.1) is 12.8 Å². The summed E-state index contributed by atoms with van der Waals surface area (Å²) in [7, 11) is 1.66. The lowest BCUT2D eigenvalue weighted by Crippen LogP contribution is -2.20. The molecule has 4 N–H and O–H groups in total. The highest BCUT2D eigenvalue weighted by Gasteiger charge is 2.09. The van der Waals surface area contributed by atoms with Gasteiger partial charge in [0.2, 0.25) is 5.95 Å². The molecular weight excluding hydrogens is 452 g/mol. The molecule has 0 saturated heterocycles. The molecule has 0 aliphatic rings. The number of ether oxygens (including phenoxy) is 2. The second-order valence-electron chi connectivity index (χ2n) is 8.26. The van der Waals surface area contributed by atoms with Gasteiger partial charge in [-0.05, 0) is 78.4 Å². The van der Waals surface area contributed by atoms with E-state index in [0.717, 1.165) is 52.9 Å². The number of hydrogen-bond acceptors (Lipinski definition) is 7. The maximum absolute atomic E-state index is 5.84. The average Bonchev–Trinajstić information content (AvgIpc) is 3.33. The molecule has 0 saturated carbocycles. The van der Waals surface area contributed by atoms with Crippen molar-refractivity contribution in [3.8, 4) is 22.8 Å². The molecule has 36 heavy (non-hydrogen) atoms. The van der Waals surface area contributed by atoms with Gasteiger partial charge in [0.25, 0.3) is 0 Å². The number of nitrogens with two attached hydrogens (primary N) is 1. The molecule has 0 fully saturated rings. The van der Waals surface area contributed by atoms with E-state index in [-0.39, 0.29) is 0 Å². The van der Waals surface area contributed by atoms with Crippen molar-refractivity contribution < 1.29 is 9.47 Å². The first-order valence-corrected chi connectivity index (χ1v) is 11.7. The molecule has 5 aromatic rings. The van der Waals surface area contributed by atoms with E-state index < -0.39 is 0 Å². The zero-order valence-electron chi connectivity index (χ0n) is 20.0. The van der Waals surface area contributed by atoms with E-state index in [2.05, 4.69) is 20.7 Å². The summed E-state index contributed by atoms with van der Waals surface area (Å²) in [6.45, 7) is 2.09. The number of benzene rings is 3. The first kappa shape index (κ1) is 23.2. The van der Waals surface area contributed by atoms with E-state index in [1.54, 1.807) is 7.11 Å². The quantitative estimate of drug-likeness (QED) is 0.193. The number of nitrogen functional groups attached to an aromatic ring is 1. The lowest BCUT2D eigenvalue weighted by atomic mass is 10.1. The van der Waals surface area contributed by atoms with Crippen LogP contribution in [0.2, 0.25) is 0 Å². The van der Waals surface area contributed by atoms with Gasteiger partial charge in [-0.25, -0.2) is 4.52 Å². The van der Waals surface area contributed by atoms with Gasteiger partial charge >= 0.3 is 0 Å². The summed E-state index contributed by atoms with van der Waals surface area (Å²) in [6, 6.07) is 29.4. The molecule has 0 aliphatic carbocycles. The number of nitrogens with zero attached hydrogens (tertiary/aromatic N) is 3. The summed E-state index contributed by atoms with van der Waals surface area (Å²) in [5.41, 5.74) is 11.3. The Kier molecular flexibility index (Phi) is 6.95. The van der Waals surface area contributed by atoms with E-state index in [1.165, 1.54) is 5.56 Å². The number of anilines is 3. The molecule has 3 aromatic carbocycles. The highest BCUT2D eigenvalue weighted by molar-refractivity contribution is 5.65. The van der Waals surface area contributed by atoms with Crippen molar-refractivity contribution in [2.75, 3.05) is 31.3 Å². The van der Waals surface area contributed by atoms with E-state index in [1.807, 2.05) is 95.5 Å². The average molecular weight is 481 g/mol. The minimum Gasteiger partial charge on any atom is -0.497 e. The van der Waals surface area contributed by atoms with Crippen molar-refractivity contribution in [2.45, 2.75) is 6.54 Å². The van der Waals surface area contributed by atoms with Crippen LogP contribution in [0.4, 0.5) is 17.3 Å². The van der Waals surface area contributed by atoms with E-state index in [9.17, 15) is 0 Å². The molecule has 0 atom stereocenters. The molecule has 0 spiro atoms. The van der Waals surface area contributed by atoms with Gasteiger partial charge in [0.1, 0.15) is 18.1 Å². The molecule has 0 unspecified atom stereocenters. The Labute approximate surface area is 209 Å². The number of fused-ring (bicyclic) bond motifs is 1. The predicted molar refractivity (Wildman–Crippen MR) is 143 cm³/mol. The number of methoxy groups -OCH3 is 1. The Morgan fingerprint density at radius 3 is 2.36 bits per heavy atom. The molecule has 8 nitrogen and oxygen atoms in total. The van der Waals surface area contributed by atoms with Crippen LogP contribution >= 0.6 is 0 Å². The molecular formula is C28H28N6O2. The van der Waals surface area contributed by atoms with Gasteiger partial charge in [0.15, 0.2) is 5.65 Å². The van der Waals surface area contributed by atoms with Crippen LogP contribution in [0, 0.1) is 0 Å². The van der Waals surface area contributed by atoms with E-state index in [4.69, 9.17) is 15.2 Å². The van der Waals surface area contributed by atoms with Crippen molar-refractivity contribution in [1.82, 2.24) is 19.9 Å². The largest absolute Gasteiger partial charge is 0.497 e. The lowest BCUT2D eigenvalue weighted by Gasteiger charge is -2.09. The van der Waals surface area contributed by atoms with Crippen molar-refractivity contribution >= 4 is 23.0 Å². The zero-order valence-corrected chi connectivity index (χ0v) is 20.0. The second-order valence-corrected chi connectivity index (χ2v) is 8.26. The second kappa shape index (κ2) is 10.8. The van der Waals surface area contributed by atoms with Crippen LogP contribution in [0.3, 0.4) is 0 Å². The number of rotatable bonds is 10. The Bertz CT molecular complexity index is 1410. The van der Waals surface area contributed by atoms with Crippen molar-refractivity contribution in [3.63, 3.8) is 0 Å². The summed E-state index contributed by atoms with van der Waals surface area (Å²) in [4.78, 5) is 4.62. The molecule has 2 aromatic heterocycles. The minimum atomic E-state index is 0.525. The van der Waals surface area contributed by atoms with E-state index in [0.29, 0.717) is 12.6 Å². The first-order chi connectivity index (χ1) is 17.7. The predicted octanol–water partition coefficient (Wildman–Crippen LogP) is 4.90. The molecule has 0 aliphatic heterocycles. The van der Waals surface area contributed by atoms with Crippen molar-refractivity contribution in [1.29, 1.82) is 0 Å². The molecule has 0 amide bonds. The van der Waals surface area contributed by atoms with Gasteiger partial charge in [-0.15, -0.1) is 5.10 Å². The summed E-state index contributed by atoms with van der Waals surface area (Å²) >= 11 is 0. The fourth-order valence-corrected chi connectivity index (χ4v) is 3.81. The topological polar surface area (TPSA) is 98.7 Å². The van der Waals surface area contributed by atoms with Crippen LogP contribution in [0.25, 0.3) is 16.9 Å². The minimum absolute atomic E-state index is 0.525. The van der Waals surface area contributed by atoms with Crippen LogP contribution in [-0.2, 0) is 6.54 Å².